The predicted molar refractivity (Wildman–Crippen MR) is 101 cm³/mol. The lowest BCUT2D eigenvalue weighted by Crippen LogP contribution is -2.32. The van der Waals surface area contributed by atoms with Gasteiger partial charge in [0.15, 0.2) is 13.2 Å². The zero-order valence-electron chi connectivity index (χ0n) is 16.7. The Bertz CT molecular complexity index is 946. The van der Waals surface area contributed by atoms with Crippen molar-refractivity contribution in [3.8, 4) is 11.8 Å². The van der Waals surface area contributed by atoms with E-state index in [1.807, 2.05) is 5.32 Å². The number of rotatable bonds is 7. The molecule has 7 nitrogen and oxygen atoms in total. The topological polar surface area (TPSA) is 76.6 Å². The number of nitrogens with one attached hydrogen (secondary N) is 1. The number of carbonyl (C=O) groups excluding carboxylic acids is 1. The summed E-state index contributed by atoms with van der Waals surface area (Å²) >= 11 is -0.379. The van der Waals surface area contributed by atoms with E-state index in [2.05, 4.69) is 19.4 Å². The second-order valence-electron chi connectivity index (χ2n) is 6.21. The van der Waals surface area contributed by atoms with Crippen LogP contribution in [0, 0.1) is 0 Å². The summed E-state index contributed by atoms with van der Waals surface area (Å²) < 4.78 is 120. The van der Waals surface area contributed by atoms with Gasteiger partial charge in [-0.15, -0.1) is 0 Å². The molecule has 0 saturated heterocycles. The largest absolute Gasteiger partial charge is 0.468 e. The van der Waals surface area contributed by atoms with Crippen molar-refractivity contribution >= 4 is 29.4 Å². The van der Waals surface area contributed by atoms with Crippen LogP contribution in [0.5, 0.6) is 11.8 Å². The maximum absolute atomic E-state index is 12.4. The van der Waals surface area contributed by atoms with Crippen molar-refractivity contribution in [1.82, 2.24) is 9.97 Å². The summed E-state index contributed by atoms with van der Waals surface area (Å²) in [5.74, 6) is -2.43. The van der Waals surface area contributed by atoms with Crippen molar-refractivity contribution in [3.63, 3.8) is 0 Å². The normalized spacial score (nSPS) is 12.3. The van der Waals surface area contributed by atoms with Gasteiger partial charge in [-0.05, 0) is 36.0 Å². The third kappa shape index (κ3) is 9.80. The molecule has 0 aliphatic carbocycles. The Hall–Kier alpha value is -3.11. The van der Waals surface area contributed by atoms with Crippen LogP contribution in [0.15, 0.2) is 35.2 Å². The van der Waals surface area contributed by atoms with Crippen molar-refractivity contribution < 1.29 is 53.8 Å². The second-order valence-corrected chi connectivity index (χ2v) is 7.35. The van der Waals surface area contributed by atoms with Crippen LogP contribution >= 0.6 is 11.8 Å². The summed E-state index contributed by atoms with van der Waals surface area (Å²) in [7, 11) is 1.19. The van der Waals surface area contributed by atoms with Gasteiger partial charge in [-0.2, -0.15) is 49.5 Å². The van der Waals surface area contributed by atoms with E-state index < -0.39 is 54.8 Å². The highest BCUT2D eigenvalue weighted by molar-refractivity contribution is 8.00. The molecule has 0 bridgehead atoms. The van der Waals surface area contributed by atoms with Crippen LogP contribution in [-0.4, -0.2) is 54.1 Å². The molecule has 0 fully saturated rings. The van der Waals surface area contributed by atoms with E-state index in [9.17, 15) is 44.3 Å². The minimum absolute atomic E-state index is 0.0991. The molecule has 0 atom stereocenters. The van der Waals surface area contributed by atoms with Crippen LogP contribution in [0.2, 0.25) is 0 Å². The molecule has 2 aromatic rings. The predicted octanol–water partition coefficient (Wildman–Crippen LogP) is 5.64. The highest BCUT2D eigenvalue weighted by atomic mass is 32.2. The first-order valence-corrected chi connectivity index (χ1v) is 9.51. The molecule has 188 valence electrons. The summed E-state index contributed by atoms with van der Waals surface area (Å²) in [4.78, 5) is 20.1. The number of aromatic nitrogens is 2. The first-order valence-electron chi connectivity index (χ1n) is 8.69. The molecule has 17 heteroatoms. The minimum atomic E-state index is -4.79. The fraction of sp³-hybridized carbons (Fsp3) is 0.353. The van der Waals surface area contributed by atoms with Crippen molar-refractivity contribution in [1.29, 1.82) is 0 Å². The van der Waals surface area contributed by atoms with Gasteiger partial charge in [0.1, 0.15) is 0 Å². The Labute approximate surface area is 189 Å². The number of nitrogens with zero attached hydrogens (tertiary/aromatic N) is 3. The summed E-state index contributed by atoms with van der Waals surface area (Å²) in [6.45, 7) is -3.67. The first kappa shape index (κ1) is 27.1. The number of halogens is 9. The molecule has 1 aromatic carbocycles. The number of carbonyl (C=O) groups is 1. The summed E-state index contributed by atoms with van der Waals surface area (Å²) in [5, 5.41) is 2.03. The van der Waals surface area contributed by atoms with Crippen molar-refractivity contribution in [2.24, 2.45) is 0 Å². The molecule has 1 N–H and O–H groups in total. The fourth-order valence-corrected chi connectivity index (χ4v) is 2.63. The van der Waals surface area contributed by atoms with Crippen LogP contribution in [0.25, 0.3) is 0 Å². The molecule has 0 unspecified atom stereocenters. The maximum Gasteiger partial charge on any atom is 0.446 e. The van der Waals surface area contributed by atoms with Gasteiger partial charge < -0.3 is 9.47 Å². The third-order valence-corrected chi connectivity index (χ3v) is 4.17. The van der Waals surface area contributed by atoms with E-state index in [0.29, 0.717) is 6.07 Å². The molecule has 0 saturated carbocycles. The minimum Gasteiger partial charge on any atom is -0.468 e. The van der Waals surface area contributed by atoms with Crippen LogP contribution in [0.4, 0.5) is 55.9 Å². The van der Waals surface area contributed by atoms with Crippen molar-refractivity contribution in [2.75, 3.05) is 30.5 Å². The Balaban J connectivity index is 2.17. The van der Waals surface area contributed by atoms with Crippen molar-refractivity contribution in [3.05, 3.63) is 30.3 Å². The van der Waals surface area contributed by atoms with Gasteiger partial charge in [-0.3, -0.25) is 10.2 Å². The van der Waals surface area contributed by atoms with Crippen LogP contribution < -0.4 is 19.7 Å². The fourth-order valence-electron chi connectivity index (χ4n) is 2.09. The zero-order chi connectivity index (χ0) is 25.7. The number of urea groups is 1. The average molecular weight is 524 g/mol. The average Bonchev–Trinajstić information content (AvgIpc) is 2.68. The molecular formula is C17H13F9N4O3S. The molecule has 1 heterocycles. The van der Waals surface area contributed by atoms with E-state index >= 15 is 0 Å². The highest BCUT2D eigenvalue weighted by Gasteiger charge is 2.31. The van der Waals surface area contributed by atoms with Gasteiger partial charge in [0.25, 0.3) is 0 Å². The van der Waals surface area contributed by atoms with E-state index in [0.717, 1.165) is 17.0 Å². The lowest BCUT2D eigenvalue weighted by Gasteiger charge is -2.18. The van der Waals surface area contributed by atoms with Gasteiger partial charge in [-0.1, -0.05) is 0 Å². The number of anilines is 2. The van der Waals surface area contributed by atoms with Crippen LogP contribution in [-0.2, 0) is 0 Å². The Kier molecular flexibility index (Phi) is 8.33. The molecular weight excluding hydrogens is 511 g/mol. The Morgan fingerprint density at radius 3 is 1.79 bits per heavy atom. The van der Waals surface area contributed by atoms with E-state index in [1.165, 1.54) is 19.2 Å². The lowest BCUT2D eigenvalue weighted by atomic mass is 10.3. The number of alkyl halides is 9. The first-order chi connectivity index (χ1) is 15.5. The van der Waals surface area contributed by atoms with Crippen LogP contribution in [0.3, 0.4) is 0 Å². The summed E-state index contributed by atoms with van der Waals surface area (Å²) in [6, 6.07) is 4.06. The standard InChI is InChI=1S/C17H13F9N4O3S/c1-30(9-2-4-10(5-3-9)34-17(24,25)26)14(31)29-13-27-11(32-7-15(18,19)20)6-12(28-13)33-8-16(21,22)23/h2-6H,7-8H2,1H3,(H,27,28,29,31). The number of amides is 2. The Morgan fingerprint density at radius 1 is 0.912 bits per heavy atom. The van der Waals surface area contributed by atoms with Gasteiger partial charge in [0, 0.05) is 17.6 Å². The molecule has 0 spiro atoms. The number of hydrogen-bond donors (Lipinski definition) is 1. The molecule has 0 radical (unpaired) electrons. The van der Waals surface area contributed by atoms with Gasteiger partial charge in [0.2, 0.25) is 17.7 Å². The molecule has 2 amide bonds. The Morgan fingerprint density at radius 2 is 1.38 bits per heavy atom. The highest BCUT2D eigenvalue weighted by Crippen LogP contribution is 2.37. The van der Waals surface area contributed by atoms with E-state index in [4.69, 9.17) is 0 Å². The number of thioether (sulfide) groups is 1. The maximum atomic E-state index is 12.4. The quantitative estimate of drug-likeness (QED) is 0.373. The van der Waals surface area contributed by atoms with Crippen molar-refractivity contribution in [2.45, 2.75) is 22.8 Å². The van der Waals surface area contributed by atoms with Gasteiger partial charge >= 0.3 is 23.9 Å². The molecule has 1 aromatic heterocycles. The third-order valence-electron chi connectivity index (χ3n) is 3.43. The second kappa shape index (κ2) is 10.4. The molecule has 34 heavy (non-hydrogen) atoms. The SMILES string of the molecule is CN(C(=O)Nc1nc(OCC(F)(F)F)cc(OCC(F)(F)F)n1)c1ccc(SC(F)(F)F)cc1. The summed E-state index contributed by atoms with van der Waals surface area (Å²) in [5.41, 5.74) is -4.42. The van der Waals surface area contributed by atoms with Gasteiger partial charge in [-0.25, -0.2) is 4.79 Å². The molecule has 0 aliphatic heterocycles. The monoisotopic (exact) mass is 524 g/mol. The van der Waals surface area contributed by atoms with Crippen LogP contribution in [0.1, 0.15) is 0 Å². The van der Waals surface area contributed by atoms with E-state index in [1.54, 1.807) is 0 Å². The lowest BCUT2D eigenvalue weighted by molar-refractivity contribution is -0.154. The smallest absolute Gasteiger partial charge is 0.446 e. The van der Waals surface area contributed by atoms with E-state index in [-0.39, 0.29) is 22.3 Å². The van der Waals surface area contributed by atoms with Gasteiger partial charge in [0.05, 0.1) is 6.07 Å². The number of ether oxygens (including phenoxy) is 2. The number of benzene rings is 1. The summed E-state index contributed by atoms with van der Waals surface area (Å²) in [6.07, 6.45) is -9.59. The molecule has 0 aliphatic rings. The zero-order valence-corrected chi connectivity index (χ0v) is 17.5. The number of hydrogen-bond acceptors (Lipinski definition) is 6. The molecule has 2 rings (SSSR count).